The Labute approximate surface area is 129 Å². The molecule has 1 aromatic rings. The minimum atomic E-state index is -1.08. The molecule has 6 nitrogen and oxygen atoms in total. The Morgan fingerprint density at radius 2 is 2.14 bits per heavy atom. The lowest BCUT2D eigenvalue weighted by Crippen LogP contribution is -2.40. The van der Waals surface area contributed by atoms with E-state index in [9.17, 15) is 14.7 Å². The highest BCUT2D eigenvalue weighted by Gasteiger charge is 2.38. The monoisotopic (exact) mass is 307 g/mol. The molecule has 1 aromatic carbocycles. The molecule has 1 unspecified atom stereocenters. The van der Waals surface area contributed by atoms with E-state index in [0.29, 0.717) is 18.7 Å². The molecule has 0 bridgehead atoms. The van der Waals surface area contributed by atoms with Gasteiger partial charge in [0.05, 0.1) is 13.0 Å². The summed E-state index contributed by atoms with van der Waals surface area (Å²) in [5.74, 6) is -0.552. The molecule has 0 radical (unpaired) electrons. The summed E-state index contributed by atoms with van der Waals surface area (Å²) in [6.07, 6.45) is 0.204. The van der Waals surface area contributed by atoms with Crippen LogP contribution < -0.4 is 4.74 Å². The quantitative estimate of drug-likeness (QED) is 0.824. The number of aliphatic hydroxyl groups is 1. The normalized spacial score (nSPS) is 20.9. The molecule has 0 spiro atoms. The SMILES string of the molecule is Cc1cccc(OCC2(O)CCN(C(=O)CCC(=O)O)C2)c1. The Hall–Kier alpha value is -2.08. The van der Waals surface area contributed by atoms with Crippen molar-refractivity contribution in [2.45, 2.75) is 31.8 Å². The topological polar surface area (TPSA) is 87.1 Å². The smallest absolute Gasteiger partial charge is 0.303 e. The first kappa shape index (κ1) is 16.3. The van der Waals surface area contributed by atoms with Crippen LogP contribution in [0.3, 0.4) is 0 Å². The van der Waals surface area contributed by atoms with Crippen LogP contribution in [0.2, 0.25) is 0 Å². The number of ether oxygens (including phenoxy) is 1. The van der Waals surface area contributed by atoms with E-state index in [1.165, 1.54) is 4.90 Å². The van der Waals surface area contributed by atoms with Crippen LogP contribution in [0.5, 0.6) is 5.75 Å². The molecular formula is C16H21NO5. The van der Waals surface area contributed by atoms with Crippen molar-refractivity contribution in [2.24, 2.45) is 0 Å². The number of aliphatic carboxylic acids is 1. The van der Waals surface area contributed by atoms with E-state index in [-0.39, 0.29) is 31.9 Å². The molecule has 1 aliphatic rings. The average Bonchev–Trinajstić information content (AvgIpc) is 2.86. The number of hydrogen-bond donors (Lipinski definition) is 2. The second-order valence-electron chi connectivity index (χ2n) is 5.79. The fourth-order valence-corrected chi connectivity index (χ4v) is 2.48. The second-order valence-corrected chi connectivity index (χ2v) is 5.79. The molecule has 6 heteroatoms. The lowest BCUT2D eigenvalue weighted by Gasteiger charge is -2.23. The van der Waals surface area contributed by atoms with Crippen molar-refractivity contribution in [1.29, 1.82) is 0 Å². The number of rotatable bonds is 6. The van der Waals surface area contributed by atoms with Crippen LogP contribution in [0, 0.1) is 6.92 Å². The third kappa shape index (κ3) is 4.46. The number of nitrogens with zero attached hydrogens (tertiary/aromatic N) is 1. The van der Waals surface area contributed by atoms with E-state index in [1.807, 2.05) is 31.2 Å². The van der Waals surface area contributed by atoms with Crippen molar-refractivity contribution in [3.8, 4) is 5.75 Å². The minimum Gasteiger partial charge on any atom is -0.491 e. The van der Waals surface area contributed by atoms with Gasteiger partial charge in [-0.15, -0.1) is 0 Å². The zero-order valence-corrected chi connectivity index (χ0v) is 12.6. The third-order valence-electron chi connectivity index (χ3n) is 3.73. The molecule has 0 aliphatic carbocycles. The van der Waals surface area contributed by atoms with E-state index in [1.54, 1.807) is 0 Å². The first-order valence-corrected chi connectivity index (χ1v) is 7.29. The Kier molecular flexibility index (Phi) is 5.03. The molecule has 1 fully saturated rings. The van der Waals surface area contributed by atoms with Gasteiger partial charge in [-0.3, -0.25) is 9.59 Å². The maximum Gasteiger partial charge on any atom is 0.303 e. The average molecular weight is 307 g/mol. The van der Waals surface area contributed by atoms with E-state index < -0.39 is 11.6 Å². The summed E-state index contributed by atoms with van der Waals surface area (Å²) < 4.78 is 5.62. The number of aryl methyl sites for hydroxylation is 1. The van der Waals surface area contributed by atoms with Gasteiger partial charge < -0.3 is 19.8 Å². The van der Waals surface area contributed by atoms with Crippen LogP contribution in [0.4, 0.5) is 0 Å². The molecule has 22 heavy (non-hydrogen) atoms. The maximum absolute atomic E-state index is 11.9. The van der Waals surface area contributed by atoms with Gasteiger partial charge in [0.15, 0.2) is 0 Å². The number of carboxylic acids is 1. The van der Waals surface area contributed by atoms with Gasteiger partial charge in [0.25, 0.3) is 0 Å². The Bertz CT molecular complexity index is 559. The number of carbonyl (C=O) groups is 2. The fourth-order valence-electron chi connectivity index (χ4n) is 2.48. The lowest BCUT2D eigenvalue weighted by atomic mass is 10.1. The maximum atomic E-state index is 11.9. The number of β-amino-alcohol motifs (C(OH)–C–C–N with tert-alkyl or cyclic N) is 1. The van der Waals surface area contributed by atoms with Crippen LogP contribution >= 0.6 is 0 Å². The number of amides is 1. The largest absolute Gasteiger partial charge is 0.491 e. The first-order chi connectivity index (χ1) is 10.4. The molecule has 0 saturated carbocycles. The molecule has 120 valence electrons. The van der Waals surface area contributed by atoms with Crippen molar-refractivity contribution >= 4 is 11.9 Å². The standard InChI is InChI=1S/C16H21NO5/c1-12-3-2-4-13(9-12)22-11-16(21)7-8-17(10-16)14(18)5-6-15(19)20/h2-4,9,21H,5-8,10-11H2,1H3,(H,19,20). The summed E-state index contributed by atoms with van der Waals surface area (Å²) in [6.45, 7) is 2.67. The Morgan fingerprint density at radius 1 is 1.36 bits per heavy atom. The van der Waals surface area contributed by atoms with Crippen molar-refractivity contribution < 1.29 is 24.5 Å². The zero-order chi connectivity index (χ0) is 16.2. The van der Waals surface area contributed by atoms with Crippen molar-refractivity contribution in [3.63, 3.8) is 0 Å². The first-order valence-electron chi connectivity index (χ1n) is 7.29. The highest BCUT2D eigenvalue weighted by molar-refractivity contribution is 5.81. The molecule has 1 amide bonds. The number of benzene rings is 1. The summed E-state index contributed by atoms with van der Waals surface area (Å²) in [4.78, 5) is 23.9. The van der Waals surface area contributed by atoms with Gasteiger partial charge in [0, 0.05) is 13.0 Å². The van der Waals surface area contributed by atoms with Gasteiger partial charge in [-0.05, 0) is 31.0 Å². The summed E-state index contributed by atoms with van der Waals surface area (Å²) in [6, 6.07) is 7.54. The van der Waals surface area contributed by atoms with Crippen LogP contribution in [-0.2, 0) is 9.59 Å². The third-order valence-corrected chi connectivity index (χ3v) is 3.73. The predicted molar refractivity (Wildman–Crippen MR) is 79.7 cm³/mol. The van der Waals surface area contributed by atoms with Gasteiger partial charge in [-0.25, -0.2) is 0 Å². The molecule has 1 saturated heterocycles. The van der Waals surface area contributed by atoms with Crippen molar-refractivity contribution in [1.82, 2.24) is 4.90 Å². The van der Waals surface area contributed by atoms with Crippen molar-refractivity contribution in [2.75, 3.05) is 19.7 Å². The van der Waals surface area contributed by atoms with Gasteiger partial charge in [-0.2, -0.15) is 0 Å². The highest BCUT2D eigenvalue weighted by Crippen LogP contribution is 2.24. The molecule has 1 heterocycles. The number of carbonyl (C=O) groups excluding carboxylic acids is 1. The lowest BCUT2D eigenvalue weighted by molar-refractivity contribution is -0.140. The van der Waals surface area contributed by atoms with Gasteiger partial charge in [0.2, 0.25) is 5.91 Å². The molecule has 0 aromatic heterocycles. The van der Waals surface area contributed by atoms with E-state index in [2.05, 4.69) is 0 Å². The van der Waals surface area contributed by atoms with E-state index in [4.69, 9.17) is 9.84 Å². The van der Waals surface area contributed by atoms with E-state index in [0.717, 1.165) is 5.56 Å². The summed E-state index contributed by atoms with van der Waals surface area (Å²) in [7, 11) is 0. The zero-order valence-electron chi connectivity index (χ0n) is 12.6. The van der Waals surface area contributed by atoms with Gasteiger partial charge in [0.1, 0.15) is 18.0 Å². The number of carboxylic acid groups (broad SMARTS) is 1. The molecular weight excluding hydrogens is 286 g/mol. The van der Waals surface area contributed by atoms with Crippen LogP contribution in [0.15, 0.2) is 24.3 Å². The summed E-state index contributed by atoms with van der Waals surface area (Å²) in [5.41, 5.74) is -0.01000. The van der Waals surface area contributed by atoms with Gasteiger partial charge >= 0.3 is 5.97 Å². The van der Waals surface area contributed by atoms with Gasteiger partial charge in [-0.1, -0.05) is 12.1 Å². The highest BCUT2D eigenvalue weighted by atomic mass is 16.5. The molecule has 2 N–H and O–H groups in total. The summed E-state index contributed by atoms with van der Waals surface area (Å²) in [5, 5.41) is 19.1. The molecule has 1 atom stereocenters. The number of likely N-dealkylation sites (tertiary alicyclic amines) is 1. The predicted octanol–water partition coefficient (Wildman–Crippen LogP) is 1.20. The second kappa shape index (κ2) is 6.79. The van der Waals surface area contributed by atoms with Crippen molar-refractivity contribution in [3.05, 3.63) is 29.8 Å². The van der Waals surface area contributed by atoms with Crippen LogP contribution in [0.1, 0.15) is 24.8 Å². The summed E-state index contributed by atoms with van der Waals surface area (Å²) >= 11 is 0. The van der Waals surface area contributed by atoms with E-state index >= 15 is 0 Å². The number of hydrogen-bond acceptors (Lipinski definition) is 4. The van der Waals surface area contributed by atoms with Crippen LogP contribution in [0.25, 0.3) is 0 Å². The molecule has 2 rings (SSSR count). The molecule has 1 aliphatic heterocycles. The van der Waals surface area contributed by atoms with Crippen LogP contribution in [-0.4, -0.2) is 52.3 Å². The fraction of sp³-hybridized carbons (Fsp3) is 0.500. The Balaban J connectivity index is 1.85. The minimum absolute atomic E-state index is 0.0375. The Morgan fingerprint density at radius 3 is 2.82 bits per heavy atom.